The Balaban J connectivity index is 2.09. The van der Waals surface area contributed by atoms with Crippen molar-refractivity contribution >= 4 is 27.0 Å². The molecule has 0 fully saturated rings. The van der Waals surface area contributed by atoms with Gasteiger partial charge in [0.1, 0.15) is 5.52 Å². The summed E-state index contributed by atoms with van der Waals surface area (Å²) in [4.78, 5) is 11.7. The van der Waals surface area contributed by atoms with E-state index in [0.717, 1.165) is 9.82 Å². The summed E-state index contributed by atoms with van der Waals surface area (Å²) in [7, 11) is -0.541. The lowest BCUT2D eigenvalue weighted by Gasteiger charge is -2.11. The highest BCUT2D eigenvalue weighted by Gasteiger charge is 2.18. The minimum atomic E-state index is -3.50. The molecule has 0 unspecified atom stereocenters. The van der Waals surface area contributed by atoms with E-state index in [1.54, 1.807) is 16.8 Å². The zero-order chi connectivity index (χ0) is 17.7. The summed E-state index contributed by atoms with van der Waals surface area (Å²) in [5.41, 5.74) is 1.24. The molecule has 1 aromatic carbocycles. The maximum absolute atomic E-state index is 12.1. The van der Waals surface area contributed by atoms with Crippen molar-refractivity contribution in [1.82, 2.24) is 24.6 Å². The smallest absolute Gasteiger partial charge is 0.242 e. The maximum atomic E-state index is 12.1. The third-order valence-electron chi connectivity index (χ3n) is 3.48. The fraction of sp³-hybridized carbons (Fsp3) is 0.400. The van der Waals surface area contributed by atoms with Gasteiger partial charge in [-0.05, 0) is 24.6 Å². The highest BCUT2D eigenvalue weighted by molar-refractivity contribution is 7.89. The zero-order valence-electron chi connectivity index (χ0n) is 13.8. The Morgan fingerprint density at radius 1 is 1.42 bits per heavy atom. The fourth-order valence-corrected chi connectivity index (χ4v) is 3.07. The van der Waals surface area contributed by atoms with Crippen LogP contribution >= 0.6 is 0 Å². The molecule has 0 atom stereocenters. The van der Waals surface area contributed by atoms with Crippen LogP contribution in [0.4, 0.5) is 0 Å². The average molecular weight is 351 g/mol. The standard InChI is InChI=1S/C15H21N5O3S/c1-4-9-16-15(21)6-5-10-20-14-8-7-12(11-13(14)17-18-20)24(22,23)19(2)3/h4,7-8,11H,1,5-6,9-10H2,2-3H3,(H,16,21). The van der Waals surface area contributed by atoms with Gasteiger partial charge in [0.15, 0.2) is 0 Å². The molecule has 8 nitrogen and oxygen atoms in total. The molecule has 9 heteroatoms. The Morgan fingerprint density at radius 2 is 2.17 bits per heavy atom. The largest absolute Gasteiger partial charge is 0.353 e. The Labute approximate surface area is 141 Å². The molecule has 0 spiro atoms. The molecule has 0 aliphatic carbocycles. The molecular formula is C15H21N5O3S. The highest BCUT2D eigenvalue weighted by Crippen LogP contribution is 2.19. The summed E-state index contributed by atoms with van der Waals surface area (Å²) >= 11 is 0. The van der Waals surface area contributed by atoms with Crippen LogP contribution in [0.2, 0.25) is 0 Å². The van der Waals surface area contributed by atoms with Gasteiger partial charge in [-0.1, -0.05) is 11.3 Å². The van der Waals surface area contributed by atoms with Crippen molar-refractivity contribution in [3.8, 4) is 0 Å². The summed E-state index contributed by atoms with van der Waals surface area (Å²) in [5.74, 6) is -0.0429. The summed E-state index contributed by atoms with van der Waals surface area (Å²) < 4.78 is 27.1. The Morgan fingerprint density at radius 3 is 2.83 bits per heavy atom. The van der Waals surface area contributed by atoms with E-state index < -0.39 is 10.0 Å². The molecule has 1 heterocycles. The lowest BCUT2D eigenvalue weighted by Crippen LogP contribution is -2.23. The van der Waals surface area contributed by atoms with Crippen LogP contribution in [-0.4, -0.2) is 54.3 Å². The first-order valence-corrected chi connectivity index (χ1v) is 8.93. The quantitative estimate of drug-likeness (QED) is 0.708. The SMILES string of the molecule is C=CCNC(=O)CCCn1nnc2cc(S(=O)(=O)N(C)C)ccc21. The first-order chi connectivity index (χ1) is 11.4. The van der Waals surface area contributed by atoms with Gasteiger partial charge in [0, 0.05) is 33.6 Å². The van der Waals surface area contributed by atoms with Crippen molar-refractivity contribution in [2.45, 2.75) is 24.3 Å². The van der Waals surface area contributed by atoms with E-state index >= 15 is 0 Å². The predicted octanol–water partition coefficient (Wildman–Crippen LogP) is 0.764. The molecule has 2 rings (SSSR count). The van der Waals surface area contributed by atoms with Crippen LogP contribution in [0, 0.1) is 0 Å². The number of rotatable bonds is 8. The molecule has 2 aromatic rings. The number of carbonyl (C=O) groups is 1. The van der Waals surface area contributed by atoms with Gasteiger partial charge in [-0.2, -0.15) is 0 Å². The van der Waals surface area contributed by atoms with E-state index in [-0.39, 0.29) is 10.8 Å². The van der Waals surface area contributed by atoms with Gasteiger partial charge in [-0.25, -0.2) is 17.4 Å². The number of nitrogens with one attached hydrogen (secondary N) is 1. The van der Waals surface area contributed by atoms with Gasteiger partial charge in [0.25, 0.3) is 0 Å². The summed E-state index contributed by atoms with van der Waals surface area (Å²) in [6, 6.07) is 4.72. The lowest BCUT2D eigenvalue weighted by atomic mass is 10.2. The number of hydrogen-bond donors (Lipinski definition) is 1. The third-order valence-corrected chi connectivity index (χ3v) is 5.29. The molecule has 0 saturated carbocycles. The van der Waals surface area contributed by atoms with Gasteiger partial charge in [0.05, 0.1) is 10.4 Å². The van der Waals surface area contributed by atoms with Crippen LogP contribution in [0.5, 0.6) is 0 Å². The Bertz CT molecular complexity index is 842. The molecule has 0 saturated heterocycles. The number of nitrogens with zero attached hydrogens (tertiary/aromatic N) is 4. The fourth-order valence-electron chi connectivity index (χ4n) is 2.15. The molecule has 0 aliphatic heterocycles. The van der Waals surface area contributed by atoms with Crippen LogP contribution in [0.25, 0.3) is 11.0 Å². The van der Waals surface area contributed by atoms with Crippen molar-refractivity contribution in [3.63, 3.8) is 0 Å². The first-order valence-electron chi connectivity index (χ1n) is 7.49. The molecule has 0 aliphatic rings. The van der Waals surface area contributed by atoms with E-state index in [4.69, 9.17) is 0 Å². The second-order valence-electron chi connectivity index (χ2n) is 5.45. The van der Waals surface area contributed by atoms with Crippen molar-refractivity contribution in [1.29, 1.82) is 0 Å². The minimum absolute atomic E-state index is 0.0429. The van der Waals surface area contributed by atoms with E-state index in [2.05, 4.69) is 22.2 Å². The summed E-state index contributed by atoms with van der Waals surface area (Å²) in [5, 5.41) is 10.8. The van der Waals surface area contributed by atoms with E-state index in [9.17, 15) is 13.2 Å². The van der Waals surface area contributed by atoms with E-state index in [1.165, 1.54) is 26.2 Å². The molecule has 1 amide bonds. The molecule has 1 aromatic heterocycles. The molecule has 0 radical (unpaired) electrons. The molecule has 130 valence electrons. The van der Waals surface area contributed by atoms with Gasteiger partial charge in [-0.3, -0.25) is 4.79 Å². The number of sulfonamides is 1. The number of hydrogen-bond acceptors (Lipinski definition) is 5. The second kappa shape index (κ2) is 7.54. The number of amides is 1. The third kappa shape index (κ3) is 3.98. The number of aromatic nitrogens is 3. The number of carbonyl (C=O) groups excluding carboxylic acids is 1. The van der Waals surface area contributed by atoms with Gasteiger partial charge in [0.2, 0.25) is 15.9 Å². The predicted molar refractivity (Wildman–Crippen MR) is 90.8 cm³/mol. The van der Waals surface area contributed by atoms with Gasteiger partial charge in [-0.15, -0.1) is 11.7 Å². The monoisotopic (exact) mass is 351 g/mol. The average Bonchev–Trinajstić information content (AvgIpc) is 2.95. The second-order valence-corrected chi connectivity index (χ2v) is 7.60. The minimum Gasteiger partial charge on any atom is -0.353 e. The van der Waals surface area contributed by atoms with Crippen molar-refractivity contribution in [3.05, 3.63) is 30.9 Å². The van der Waals surface area contributed by atoms with Crippen LogP contribution in [0.15, 0.2) is 35.7 Å². The molecule has 0 bridgehead atoms. The van der Waals surface area contributed by atoms with Crippen LogP contribution in [-0.2, 0) is 21.4 Å². The summed E-state index contributed by atoms with van der Waals surface area (Å²) in [6.45, 7) is 4.52. The van der Waals surface area contributed by atoms with Crippen LogP contribution < -0.4 is 5.32 Å². The molecule has 24 heavy (non-hydrogen) atoms. The normalized spacial score (nSPS) is 11.8. The van der Waals surface area contributed by atoms with Gasteiger partial charge < -0.3 is 5.32 Å². The Kier molecular flexibility index (Phi) is 5.68. The van der Waals surface area contributed by atoms with E-state index in [1.807, 2.05) is 0 Å². The lowest BCUT2D eigenvalue weighted by molar-refractivity contribution is -0.121. The zero-order valence-corrected chi connectivity index (χ0v) is 14.6. The number of benzene rings is 1. The topological polar surface area (TPSA) is 97.2 Å². The summed E-state index contributed by atoms with van der Waals surface area (Å²) in [6.07, 6.45) is 2.61. The molecule has 1 N–H and O–H groups in total. The van der Waals surface area contributed by atoms with E-state index in [0.29, 0.717) is 31.4 Å². The first kappa shape index (κ1) is 18.1. The van der Waals surface area contributed by atoms with Crippen molar-refractivity contribution < 1.29 is 13.2 Å². The van der Waals surface area contributed by atoms with Gasteiger partial charge >= 0.3 is 0 Å². The number of aryl methyl sites for hydroxylation is 1. The highest BCUT2D eigenvalue weighted by atomic mass is 32.2. The Hall–Kier alpha value is -2.26. The maximum Gasteiger partial charge on any atom is 0.242 e. The van der Waals surface area contributed by atoms with Crippen LogP contribution in [0.1, 0.15) is 12.8 Å². The van der Waals surface area contributed by atoms with Crippen LogP contribution in [0.3, 0.4) is 0 Å². The van der Waals surface area contributed by atoms with Crippen molar-refractivity contribution in [2.24, 2.45) is 0 Å². The number of fused-ring (bicyclic) bond motifs is 1. The van der Waals surface area contributed by atoms with Crippen molar-refractivity contribution in [2.75, 3.05) is 20.6 Å². The molecular weight excluding hydrogens is 330 g/mol.